The van der Waals surface area contributed by atoms with Crippen LogP contribution in [-0.4, -0.2) is 54.0 Å². The number of nitrogens with zero attached hydrogens (tertiary/aromatic N) is 4. The molecule has 1 aliphatic rings. The van der Waals surface area contributed by atoms with Crippen LogP contribution in [-0.2, 0) is 15.4 Å². The lowest BCUT2D eigenvalue weighted by Gasteiger charge is -2.35. The summed E-state index contributed by atoms with van der Waals surface area (Å²) >= 11 is 1.30. The summed E-state index contributed by atoms with van der Waals surface area (Å²) in [6.07, 6.45) is 0. The van der Waals surface area contributed by atoms with Gasteiger partial charge >= 0.3 is 5.76 Å². The van der Waals surface area contributed by atoms with Gasteiger partial charge in [-0.2, -0.15) is 17.5 Å². The van der Waals surface area contributed by atoms with E-state index >= 15 is 0 Å². The Morgan fingerprint density at radius 1 is 1.11 bits per heavy atom. The summed E-state index contributed by atoms with van der Waals surface area (Å²) in [4.78, 5) is 6.47. The van der Waals surface area contributed by atoms with Crippen molar-refractivity contribution in [3.8, 4) is 0 Å². The van der Waals surface area contributed by atoms with Crippen molar-refractivity contribution in [3.63, 3.8) is 0 Å². The molecule has 1 aromatic heterocycles. The highest BCUT2D eigenvalue weighted by molar-refractivity contribution is 7.89. The van der Waals surface area contributed by atoms with Gasteiger partial charge in [-0.3, -0.25) is 0 Å². The maximum absolute atomic E-state index is 12.6. The molecule has 0 amide bonds. The van der Waals surface area contributed by atoms with E-state index < -0.39 is 15.8 Å². The summed E-state index contributed by atoms with van der Waals surface area (Å²) in [6.45, 7) is 6.99. The van der Waals surface area contributed by atoms with Gasteiger partial charge in [0.1, 0.15) is 5.82 Å². The van der Waals surface area contributed by atoms with Gasteiger partial charge in [0.2, 0.25) is 5.13 Å². The van der Waals surface area contributed by atoms with Gasteiger partial charge in [-0.05, 0) is 24.3 Å². The van der Waals surface area contributed by atoms with Crippen molar-refractivity contribution in [2.45, 2.75) is 31.9 Å². The van der Waals surface area contributed by atoms with Gasteiger partial charge in [0, 0.05) is 54.5 Å². The van der Waals surface area contributed by atoms with Crippen molar-refractivity contribution in [1.29, 1.82) is 0 Å². The Morgan fingerprint density at radius 3 is 2.21 bits per heavy atom. The zero-order chi connectivity index (χ0) is 20.5. The van der Waals surface area contributed by atoms with Crippen molar-refractivity contribution >= 4 is 38.1 Å². The first-order valence-corrected chi connectivity index (χ1v) is 11.1. The molecular formula is C17H23F2N5O2S2. The molecule has 28 heavy (non-hydrogen) atoms. The lowest BCUT2D eigenvalue weighted by Crippen LogP contribution is -2.50. The first-order chi connectivity index (χ1) is 13.1. The number of rotatable bonds is 5. The number of anilines is 3. The Balaban J connectivity index is 1.60. The molecule has 11 heteroatoms. The highest BCUT2D eigenvalue weighted by Gasteiger charge is 2.34. The minimum atomic E-state index is -4.50. The van der Waals surface area contributed by atoms with Crippen LogP contribution in [0.4, 0.5) is 25.3 Å². The van der Waals surface area contributed by atoms with Crippen molar-refractivity contribution in [2.75, 3.05) is 36.4 Å². The van der Waals surface area contributed by atoms with Crippen LogP contribution >= 0.6 is 11.5 Å². The topological polar surface area (TPSA) is 78.4 Å². The van der Waals surface area contributed by atoms with Crippen molar-refractivity contribution < 1.29 is 17.2 Å². The largest absolute Gasteiger partial charge is 0.369 e. The number of nitrogens with one attached hydrogen (secondary N) is 1. The van der Waals surface area contributed by atoms with Crippen molar-refractivity contribution in [3.05, 3.63) is 30.1 Å². The Morgan fingerprint density at radius 2 is 1.71 bits per heavy atom. The summed E-state index contributed by atoms with van der Waals surface area (Å²) in [5.74, 6) is -2.59. The zero-order valence-corrected chi connectivity index (χ0v) is 17.5. The van der Waals surface area contributed by atoms with E-state index in [9.17, 15) is 17.2 Å². The van der Waals surface area contributed by atoms with E-state index in [2.05, 4.69) is 35.4 Å². The molecule has 1 aliphatic heterocycles. The number of hydrogen-bond acceptors (Lipinski definition) is 7. The summed E-state index contributed by atoms with van der Waals surface area (Å²) in [5, 5.41) is 3.93. The van der Waals surface area contributed by atoms with Gasteiger partial charge in [0.25, 0.3) is 10.0 Å². The second-order valence-corrected chi connectivity index (χ2v) is 10.2. The van der Waals surface area contributed by atoms with Crippen LogP contribution in [0.2, 0.25) is 0 Å². The van der Waals surface area contributed by atoms with Crippen LogP contribution in [0.15, 0.2) is 24.3 Å². The second kappa shape index (κ2) is 7.88. The molecular weight excluding hydrogens is 408 g/mol. The molecule has 1 fully saturated rings. The van der Waals surface area contributed by atoms with E-state index in [1.54, 1.807) is 0 Å². The first kappa shape index (κ1) is 20.9. The van der Waals surface area contributed by atoms with Crippen molar-refractivity contribution in [1.82, 2.24) is 13.7 Å². The normalized spacial score (nSPS) is 16.6. The van der Waals surface area contributed by atoms with E-state index in [0.29, 0.717) is 18.2 Å². The molecule has 0 radical (unpaired) electrons. The van der Waals surface area contributed by atoms with E-state index in [-0.39, 0.29) is 18.5 Å². The van der Waals surface area contributed by atoms with Crippen LogP contribution in [0.5, 0.6) is 0 Å². The third-order valence-corrected chi connectivity index (χ3v) is 6.57. The molecule has 0 spiro atoms. The molecule has 0 aliphatic carbocycles. The third kappa shape index (κ3) is 4.58. The fourth-order valence-corrected chi connectivity index (χ4v) is 4.45. The number of hydrogen-bond donors (Lipinski definition) is 1. The lowest BCUT2D eigenvalue weighted by atomic mass is 9.96. The summed E-state index contributed by atoms with van der Waals surface area (Å²) in [6, 6.07) is 7.61. The molecule has 2 heterocycles. The summed E-state index contributed by atoms with van der Waals surface area (Å²) in [7, 11) is -4.50. The van der Waals surface area contributed by atoms with Gasteiger partial charge in [0.15, 0.2) is 0 Å². The maximum Gasteiger partial charge on any atom is 0.350 e. The number of alkyl halides is 2. The van der Waals surface area contributed by atoms with Crippen LogP contribution < -0.4 is 10.2 Å². The Bertz CT molecular complexity index is 902. The Hall–Kier alpha value is -1.85. The van der Waals surface area contributed by atoms with Crippen LogP contribution in [0.3, 0.4) is 0 Å². The number of aromatic nitrogens is 2. The van der Waals surface area contributed by atoms with Crippen LogP contribution in [0.1, 0.15) is 26.6 Å². The molecule has 1 aromatic carbocycles. The average Bonchev–Trinajstić information content (AvgIpc) is 3.11. The summed E-state index contributed by atoms with van der Waals surface area (Å²) < 4.78 is 53.6. The van der Waals surface area contributed by atoms with Gasteiger partial charge in [0.05, 0.1) is 0 Å². The second-order valence-electron chi connectivity index (χ2n) is 7.54. The third-order valence-electron chi connectivity index (χ3n) is 4.40. The Kier molecular flexibility index (Phi) is 5.87. The molecule has 0 bridgehead atoms. The number of halogens is 2. The van der Waals surface area contributed by atoms with Gasteiger partial charge in [-0.15, -0.1) is 0 Å². The van der Waals surface area contributed by atoms with Gasteiger partial charge in [-0.25, -0.2) is 13.4 Å². The standard InChI is InChI=1S/C17H23F2N5O2S2/c1-17(2,3)14-21-16(27-22-14)20-12-4-6-13(7-5-12)23-8-10-24(11-9-23)28(25,26)15(18)19/h4-7,15H,8-11H2,1-3H3,(H,20,21,22). The van der Waals surface area contributed by atoms with Crippen molar-refractivity contribution in [2.24, 2.45) is 0 Å². The lowest BCUT2D eigenvalue weighted by molar-refractivity contribution is 0.217. The smallest absolute Gasteiger partial charge is 0.350 e. The molecule has 0 unspecified atom stereocenters. The van der Waals surface area contributed by atoms with Crippen LogP contribution in [0, 0.1) is 0 Å². The predicted octanol–water partition coefficient (Wildman–Crippen LogP) is 3.25. The zero-order valence-electron chi connectivity index (χ0n) is 15.9. The quantitative estimate of drug-likeness (QED) is 0.783. The van der Waals surface area contributed by atoms with E-state index in [1.165, 1.54) is 11.5 Å². The molecule has 0 saturated carbocycles. The summed E-state index contributed by atoms with van der Waals surface area (Å²) in [5.41, 5.74) is 1.66. The molecule has 0 atom stereocenters. The number of piperazine rings is 1. The SMILES string of the molecule is CC(C)(C)c1nsc(Nc2ccc(N3CCN(S(=O)(=O)C(F)F)CC3)cc2)n1. The Labute approximate surface area is 167 Å². The van der Waals surface area contributed by atoms with Gasteiger partial charge < -0.3 is 10.2 Å². The van der Waals surface area contributed by atoms with E-state index in [1.807, 2.05) is 29.2 Å². The molecule has 1 saturated heterocycles. The van der Waals surface area contributed by atoms with E-state index in [0.717, 1.165) is 21.5 Å². The minimum Gasteiger partial charge on any atom is -0.369 e. The molecule has 154 valence electrons. The van der Waals surface area contributed by atoms with E-state index in [4.69, 9.17) is 0 Å². The fraction of sp³-hybridized carbons (Fsp3) is 0.529. The molecule has 7 nitrogen and oxygen atoms in total. The monoisotopic (exact) mass is 431 g/mol. The number of benzene rings is 1. The predicted molar refractivity (Wildman–Crippen MR) is 107 cm³/mol. The number of sulfonamides is 1. The highest BCUT2D eigenvalue weighted by atomic mass is 32.2. The first-order valence-electron chi connectivity index (χ1n) is 8.81. The van der Waals surface area contributed by atoms with Crippen LogP contribution in [0.25, 0.3) is 0 Å². The maximum atomic E-state index is 12.6. The fourth-order valence-electron chi connectivity index (χ4n) is 2.77. The van der Waals surface area contributed by atoms with Gasteiger partial charge in [-0.1, -0.05) is 20.8 Å². The average molecular weight is 432 g/mol. The highest BCUT2D eigenvalue weighted by Crippen LogP contribution is 2.27. The molecule has 3 rings (SSSR count). The minimum absolute atomic E-state index is 0.0487. The molecule has 1 N–H and O–H groups in total. The molecule has 2 aromatic rings.